The van der Waals surface area contributed by atoms with Crippen LogP contribution in [0.3, 0.4) is 0 Å². The zero-order valence-corrected chi connectivity index (χ0v) is 10.6. The molecule has 0 fully saturated rings. The highest BCUT2D eigenvalue weighted by atomic mass is 16.6. The highest BCUT2D eigenvalue weighted by Gasteiger charge is 2.19. The van der Waals surface area contributed by atoms with E-state index >= 15 is 0 Å². The Morgan fingerprint density at radius 1 is 1.60 bits per heavy atom. The third kappa shape index (κ3) is 2.91. The van der Waals surface area contributed by atoms with E-state index in [1.807, 2.05) is 0 Å². The lowest BCUT2D eigenvalue weighted by atomic mass is 10.3. The first-order chi connectivity index (χ1) is 9.61. The van der Waals surface area contributed by atoms with Gasteiger partial charge in [0.15, 0.2) is 11.4 Å². The van der Waals surface area contributed by atoms with Gasteiger partial charge in [-0.25, -0.2) is 4.98 Å². The second kappa shape index (κ2) is 5.83. The molecule has 0 bridgehead atoms. The summed E-state index contributed by atoms with van der Waals surface area (Å²) in [7, 11) is 0. The number of hydrogen-bond acceptors (Lipinski definition) is 5. The average molecular weight is 276 g/mol. The number of pyridine rings is 1. The lowest BCUT2D eigenvalue weighted by Gasteiger charge is -2.08. The molecule has 2 aromatic rings. The Morgan fingerprint density at radius 3 is 3.00 bits per heavy atom. The molecular formula is C12H12N4O4. The summed E-state index contributed by atoms with van der Waals surface area (Å²) in [5, 5.41) is 13.3. The van der Waals surface area contributed by atoms with E-state index < -0.39 is 10.8 Å². The van der Waals surface area contributed by atoms with Crippen LogP contribution in [0.2, 0.25) is 0 Å². The standard InChI is InChI=1S/C12H12N4O4/c1-2-20-9-6-8(16(18)19)7-14-11(9)12(17)15-10-4-3-5-13-10/h3-7,13H,2H2,1H3,(H,15,17). The van der Waals surface area contributed by atoms with Gasteiger partial charge in [-0.3, -0.25) is 14.9 Å². The third-order valence-electron chi connectivity index (χ3n) is 2.41. The van der Waals surface area contributed by atoms with E-state index in [9.17, 15) is 14.9 Å². The normalized spacial score (nSPS) is 10.1. The zero-order chi connectivity index (χ0) is 14.5. The molecule has 8 nitrogen and oxygen atoms in total. The van der Waals surface area contributed by atoms with Gasteiger partial charge in [0.25, 0.3) is 11.6 Å². The van der Waals surface area contributed by atoms with E-state index in [4.69, 9.17) is 4.74 Å². The highest BCUT2D eigenvalue weighted by molar-refractivity contribution is 6.04. The van der Waals surface area contributed by atoms with Gasteiger partial charge in [-0.15, -0.1) is 0 Å². The first kappa shape index (κ1) is 13.5. The fraction of sp³-hybridized carbons (Fsp3) is 0.167. The van der Waals surface area contributed by atoms with Crippen LogP contribution in [0.1, 0.15) is 17.4 Å². The number of aromatic amines is 1. The van der Waals surface area contributed by atoms with Gasteiger partial charge in [-0.1, -0.05) is 0 Å². The van der Waals surface area contributed by atoms with Crippen molar-refractivity contribution in [2.45, 2.75) is 6.92 Å². The molecule has 20 heavy (non-hydrogen) atoms. The SMILES string of the molecule is CCOc1cc([N+](=O)[O-])cnc1C(=O)Nc1ccc[nH]1. The molecule has 0 radical (unpaired) electrons. The Bertz CT molecular complexity index is 624. The maximum Gasteiger partial charge on any atom is 0.291 e. The number of nitrogens with zero attached hydrogens (tertiary/aromatic N) is 2. The smallest absolute Gasteiger partial charge is 0.291 e. The fourth-order valence-electron chi connectivity index (χ4n) is 1.56. The maximum absolute atomic E-state index is 12.0. The van der Waals surface area contributed by atoms with Crippen LogP contribution >= 0.6 is 0 Å². The molecule has 0 saturated carbocycles. The Hall–Kier alpha value is -2.90. The Balaban J connectivity index is 2.29. The van der Waals surface area contributed by atoms with E-state index in [0.29, 0.717) is 5.82 Å². The van der Waals surface area contributed by atoms with Crippen LogP contribution in [-0.2, 0) is 0 Å². The molecule has 0 spiro atoms. The number of aromatic nitrogens is 2. The summed E-state index contributed by atoms with van der Waals surface area (Å²) in [5.41, 5.74) is -0.239. The fourth-order valence-corrected chi connectivity index (χ4v) is 1.56. The van der Waals surface area contributed by atoms with Crippen LogP contribution in [0.25, 0.3) is 0 Å². The Labute approximate surface area is 113 Å². The molecular weight excluding hydrogens is 264 g/mol. The number of carbonyl (C=O) groups excluding carboxylic acids is 1. The second-order valence-electron chi connectivity index (χ2n) is 3.77. The van der Waals surface area contributed by atoms with E-state index in [1.54, 1.807) is 25.3 Å². The van der Waals surface area contributed by atoms with Gasteiger partial charge in [0, 0.05) is 6.20 Å². The summed E-state index contributed by atoms with van der Waals surface area (Å²) < 4.78 is 5.23. The second-order valence-corrected chi connectivity index (χ2v) is 3.77. The number of anilines is 1. The lowest BCUT2D eigenvalue weighted by Crippen LogP contribution is -2.16. The van der Waals surface area contributed by atoms with Crippen LogP contribution in [0.5, 0.6) is 5.75 Å². The van der Waals surface area contributed by atoms with Crippen LogP contribution in [0, 0.1) is 10.1 Å². The number of rotatable bonds is 5. The molecule has 0 atom stereocenters. The molecule has 0 saturated heterocycles. The summed E-state index contributed by atoms with van der Waals surface area (Å²) in [4.78, 5) is 28.8. The molecule has 2 aromatic heterocycles. The monoisotopic (exact) mass is 276 g/mol. The summed E-state index contributed by atoms with van der Waals surface area (Å²) >= 11 is 0. The van der Waals surface area contributed by atoms with Crippen molar-refractivity contribution in [1.82, 2.24) is 9.97 Å². The topological polar surface area (TPSA) is 110 Å². The number of carbonyl (C=O) groups is 1. The molecule has 2 rings (SSSR count). The molecule has 0 aliphatic carbocycles. The van der Waals surface area contributed by atoms with Gasteiger partial charge in [-0.2, -0.15) is 0 Å². The van der Waals surface area contributed by atoms with Crippen molar-refractivity contribution < 1.29 is 14.5 Å². The highest BCUT2D eigenvalue weighted by Crippen LogP contribution is 2.23. The van der Waals surface area contributed by atoms with Crippen molar-refractivity contribution in [3.05, 3.63) is 46.4 Å². The van der Waals surface area contributed by atoms with Crippen molar-refractivity contribution in [2.75, 3.05) is 11.9 Å². The van der Waals surface area contributed by atoms with Gasteiger partial charge in [0.2, 0.25) is 0 Å². The molecule has 8 heteroatoms. The molecule has 2 heterocycles. The summed E-state index contributed by atoms with van der Waals surface area (Å²) in [6.45, 7) is 1.98. The quantitative estimate of drug-likeness (QED) is 0.640. The molecule has 0 aliphatic rings. The van der Waals surface area contributed by atoms with Gasteiger partial charge >= 0.3 is 0 Å². The predicted molar refractivity (Wildman–Crippen MR) is 70.8 cm³/mol. The van der Waals surface area contributed by atoms with Crippen LogP contribution in [0.15, 0.2) is 30.6 Å². The minimum atomic E-state index is -0.595. The average Bonchev–Trinajstić information content (AvgIpc) is 2.91. The summed E-state index contributed by atoms with van der Waals surface area (Å²) in [6, 6.07) is 4.58. The van der Waals surface area contributed by atoms with Crippen LogP contribution in [-0.4, -0.2) is 27.4 Å². The Kier molecular flexibility index (Phi) is 3.94. The van der Waals surface area contributed by atoms with Gasteiger partial charge in [-0.05, 0) is 19.1 Å². The first-order valence-corrected chi connectivity index (χ1v) is 5.83. The molecule has 0 aliphatic heterocycles. The van der Waals surface area contributed by atoms with Crippen molar-refractivity contribution >= 4 is 17.4 Å². The summed E-state index contributed by atoms with van der Waals surface area (Å²) in [6.07, 6.45) is 2.68. The Morgan fingerprint density at radius 2 is 2.40 bits per heavy atom. The number of nitro groups is 1. The van der Waals surface area contributed by atoms with E-state index in [-0.39, 0.29) is 23.7 Å². The van der Waals surface area contributed by atoms with Crippen molar-refractivity contribution in [2.24, 2.45) is 0 Å². The maximum atomic E-state index is 12.0. The molecule has 2 N–H and O–H groups in total. The first-order valence-electron chi connectivity index (χ1n) is 5.83. The van der Waals surface area contributed by atoms with Crippen molar-refractivity contribution in [1.29, 1.82) is 0 Å². The van der Waals surface area contributed by atoms with Crippen molar-refractivity contribution in [3.63, 3.8) is 0 Å². The molecule has 104 valence electrons. The number of hydrogen-bond donors (Lipinski definition) is 2. The lowest BCUT2D eigenvalue weighted by molar-refractivity contribution is -0.385. The van der Waals surface area contributed by atoms with Gasteiger partial charge in [0.1, 0.15) is 12.0 Å². The minimum absolute atomic E-state index is 0.00736. The van der Waals surface area contributed by atoms with E-state index in [2.05, 4.69) is 15.3 Å². The van der Waals surface area contributed by atoms with E-state index in [0.717, 1.165) is 6.20 Å². The summed E-state index contributed by atoms with van der Waals surface area (Å²) in [5.74, 6) is 0.0640. The number of ether oxygens (including phenoxy) is 1. The molecule has 1 amide bonds. The van der Waals surface area contributed by atoms with Crippen LogP contribution < -0.4 is 10.1 Å². The predicted octanol–water partition coefficient (Wildman–Crippen LogP) is 1.97. The van der Waals surface area contributed by atoms with Gasteiger partial charge < -0.3 is 15.0 Å². The van der Waals surface area contributed by atoms with E-state index in [1.165, 1.54) is 6.07 Å². The number of H-pyrrole nitrogens is 1. The third-order valence-corrected chi connectivity index (χ3v) is 2.41. The number of nitrogens with one attached hydrogen (secondary N) is 2. The molecule has 0 aromatic carbocycles. The van der Waals surface area contributed by atoms with Crippen molar-refractivity contribution in [3.8, 4) is 5.75 Å². The zero-order valence-electron chi connectivity index (χ0n) is 10.6. The minimum Gasteiger partial charge on any atom is -0.491 e. The molecule has 0 unspecified atom stereocenters. The largest absolute Gasteiger partial charge is 0.491 e. The number of amides is 1. The van der Waals surface area contributed by atoms with Gasteiger partial charge in [0.05, 0.1) is 17.6 Å². The van der Waals surface area contributed by atoms with Crippen LogP contribution in [0.4, 0.5) is 11.5 Å².